The van der Waals surface area contributed by atoms with E-state index in [0.717, 1.165) is 22.2 Å². The second-order valence-electron chi connectivity index (χ2n) is 3.14. The van der Waals surface area contributed by atoms with Gasteiger partial charge in [-0.25, -0.2) is 0 Å². The molecular formula is C9H6ClN5. The SMILES string of the molecule is Clc1cc(-c2c[nH]nn2)c2cn[nH]c2c1. The predicted octanol–water partition coefficient (Wildman–Crippen LogP) is 2.00. The Balaban J connectivity index is 2.38. The molecule has 0 aliphatic rings. The highest BCUT2D eigenvalue weighted by molar-refractivity contribution is 6.31. The number of aromatic nitrogens is 5. The zero-order chi connectivity index (χ0) is 10.3. The van der Waals surface area contributed by atoms with Crippen LogP contribution in [0.5, 0.6) is 0 Å². The molecule has 0 aliphatic carbocycles. The summed E-state index contributed by atoms with van der Waals surface area (Å²) < 4.78 is 0. The highest BCUT2D eigenvalue weighted by Crippen LogP contribution is 2.28. The number of nitrogens with zero attached hydrogens (tertiary/aromatic N) is 3. The average Bonchev–Trinajstić information content (AvgIpc) is 2.86. The molecule has 0 saturated carbocycles. The van der Waals surface area contributed by atoms with Crippen molar-refractivity contribution in [2.24, 2.45) is 0 Å². The maximum absolute atomic E-state index is 5.99. The lowest BCUT2D eigenvalue weighted by atomic mass is 10.1. The zero-order valence-electron chi connectivity index (χ0n) is 7.53. The Labute approximate surface area is 89.5 Å². The Morgan fingerprint density at radius 3 is 3.00 bits per heavy atom. The quantitative estimate of drug-likeness (QED) is 0.658. The van der Waals surface area contributed by atoms with Crippen molar-refractivity contribution in [2.45, 2.75) is 0 Å². The van der Waals surface area contributed by atoms with E-state index in [2.05, 4.69) is 25.6 Å². The molecule has 1 aromatic carbocycles. The van der Waals surface area contributed by atoms with Gasteiger partial charge in [0.1, 0.15) is 5.69 Å². The fraction of sp³-hybridized carbons (Fsp3) is 0. The maximum atomic E-state index is 5.99. The number of fused-ring (bicyclic) bond motifs is 1. The average molecular weight is 220 g/mol. The van der Waals surface area contributed by atoms with Gasteiger partial charge in [-0.1, -0.05) is 16.8 Å². The number of hydrogen-bond acceptors (Lipinski definition) is 3. The minimum absolute atomic E-state index is 0.643. The van der Waals surface area contributed by atoms with E-state index in [-0.39, 0.29) is 0 Å². The van der Waals surface area contributed by atoms with Gasteiger partial charge < -0.3 is 0 Å². The molecular weight excluding hydrogens is 214 g/mol. The first-order valence-corrected chi connectivity index (χ1v) is 4.72. The van der Waals surface area contributed by atoms with Gasteiger partial charge in [0.2, 0.25) is 0 Å². The molecule has 0 fully saturated rings. The molecule has 0 saturated heterocycles. The van der Waals surface area contributed by atoms with Crippen molar-refractivity contribution in [3.63, 3.8) is 0 Å². The van der Waals surface area contributed by atoms with Gasteiger partial charge in [-0.3, -0.25) is 10.2 Å². The third kappa shape index (κ3) is 1.28. The van der Waals surface area contributed by atoms with Gasteiger partial charge in [-0.2, -0.15) is 5.10 Å². The first-order valence-electron chi connectivity index (χ1n) is 4.34. The summed E-state index contributed by atoms with van der Waals surface area (Å²) in [5, 5.41) is 18.8. The summed E-state index contributed by atoms with van der Waals surface area (Å²) in [6, 6.07) is 3.67. The number of benzene rings is 1. The van der Waals surface area contributed by atoms with Crippen molar-refractivity contribution in [2.75, 3.05) is 0 Å². The van der Waals surface area contributed by atoms with Crippen molar-refractivity contribution >= 4 is 22.5 Å². The number of nitrogens with one attached hydrogen (secondary N) is 2. The second kappa shape index (κ2) is 3.06. The molecule has 0 atom stereocenters. The molecule has 2 heterocycles. The van der Waals surface area contributed by atoms with Gasteiger partial charge in [-0.05, 0) is 12.1 Å². The van der Waals surface area contributed by atoms with Crippen LogP contribution in [0.3, 0.4) is 0 Å². The van der Waals surface area contributed by atoms with E-state index in [4.69, 9.17) is 11.6 Å². The molecule has 2 aromatic heterocycles. The highest BCUT2D eigenvalue weighted by atomic mass is 35.5. The third-order valence-electron chi connectivity index (χ3n) is 2.22. The first kappa shape index (κ1) is 8.43. The van der Waals surface area contributed by atoms with Crippen LogP contribution in [0, 0.1) is 0 Å². The van der Waals surface area contributed by atoms with Crippen molar-refractivity contribution in [3.05, 3.63) is 29.5 Å². The van der Waals surface area contributed by atoms with E-state index < -0.39 is 0 Å². The van der Waals surface area contributed by atoms with Gasteiger partial charge in [0, 0.05) is 16.0 Å². The van der Waals surface area contributed by atoms with Crippen LogP contribution in [0.15, 0.2) is 24.5 Å². The van der Waals surface area contributed by atoms with Crippen LogP contribution >= 0.6 is 11.6 Å². The summed E-state index contributed by atoms with van der Waals surface area (Å²) in [5.74, 6) is 0. The maximum Gasteiger partial charge on any atom is 0.113 e. The van der Waals surface area contributed by atoms with Gasteiger partial charge in [-0.15, -0.1) is 5.10 Å². The summed E-state index contributed by atoms with van der Waals surface area (Å²) >= 11 is 5.99. The molecule has 0 unspecified atom stereocenters. The van der Waals surface area contributed by atoms with E-state index in [9.17, 15) is 0 Å². The molecule has 0 spiro atoms. The van der Waals surface area contributed by atoms with Crippen LogP contribution in [0.2, 0.25) is 5.02 Å². The Hall–Kier alpha value is -1.88. The van der Waals surface area contributed by atoms with E-state index in [1.165, 1.54) is 0 Å². The molecule has 0 bridgehead atoms. The van der Waals surface area contributed by atoms with Crippen molar-refractivity contribution in [1.29, 1.82) is 0 Å². The Morgan fingerprint density at radius 2 is 2.20 bits per heavy atom. The number of halogens is 1. The Kier molecular flexibility index (Phi) is 1.72. The fourth-order valence-electron chi connectivity index (χ4n) is 1.56. The van der Waals surface area contributed by atoms with Crippen LogP contribution in [0.25, 0.3) is 22.2 Å². The number of rotatable bonds is 1. The smallest absolute Gasteiger partial charge is 0.113 e. The Morgan fingerprint density at radius 1 is 1.27 bits per heavy atom. The van der Waals surface area contributed by atoms with Crippen LogP contribution in [0.4, 0.5) is 0 Å². The lowest BCUT2D eigenvalue weighted by Gasteiger charge is -1.98. The lowest BCUT2D eigenvalue weighted by molar-refractivity contribution is 0.942. The minimum Gasteiger partial charge on any atom is -0.278 e. The van der Waals surface area contributed by atoms with Gasteiger partial charge in [0.25, 0.3) is 0 Å². The normalized spacial score (nSPS) is 11.0. The molecule has 15 heavy (non-hydrogen) atoms. The molecule has 0 amide bonds. The van der Waals surface area contributed by atoms with E-state index in [1.807, 2.05) is 12.1 Å². The highest BCUT2D eigenvalue weighted by Gasteiger charge is 2.09. The number of H-pyrrole nitrogens is 2. The summed E-state index contributed by atoms with van der Waals surface area (Å²) in [6.45, 7) is 0. The molecule has 5 nitrogen and oxygen atoms in total. The number of aromatic amines is 2. The molecule has 6 heteroatoms. The van der Waals surface area contributed by atoms with Crippen LogP contribution in [-0.4, -0.2) is 25.6 Å². The topological polar surface area (TPSA) is 70.2 Å². The predicted molar refractivity (Wildman–Crippen MR) is 56.5 cm³/mol. The van der Waals surface area contributed by atoms with Gasteiger partial charge in [0.05, 0.1) is 17.9 Å². The molecule has 0 aliphatic heterocycles. The third-order valence-corrected chi connectivity index (χ3v) is 2.43. The van der Waals surface area contributed by atoms with Gasteiger partial charge >= 0.3 is 0 Å². The molecule has 74 valence electrons. The fourth-order valence-corrected chi connectivity index (χ4v) is 1.78. The monoisotopic (exact) mass is 219 g/mol. The molecule has 3 aromatic rings. The Bertz CT molecular complexity index is 598. The molecule has 3 rings (SSSR count). The molecule has 2 N–H and O–H groups in total. The summed E-state index contributed by atoms with van der Waals surface area (Å²) in [6.07, 6.45) is 3.47. The van der Waals surface area contributed by atoms with E-state index >= 15 is 0 Å². The zero-order valence-corrected chi connectivity index (χ0v) is 8.28. The van der Waals surface area contributed by atoms with Crippen molar-refractivity contribution in [1.82, 2.24) is 25.6 Å². The van der Waals surface area contributed by atoms with Crippen LogP contribution < -0.4 is 0 Å². The van der Waals surface area contributed by atoms with Crippen molar-refractivity contribution in [3.8, 4) is 11.3 Å². The number of hydrogen-bond donors (Lipinski definition) is 2. The second-order valence-corrected chi connectivity index (χ2v) is 3.58. The molecule has 0 radical (unpaired) electrons. The van der Waals surface area contributed by atoms with Crippen LogP contribution in [0.1, 0.15) is 0 Å². The standard InChI is InChI=1S/C9H6ClN5/c10-5-1-6(9-4-12-15-14-9)7-3-11-13-8(7)2-5/h1-4H,(H,11,13)(H,12,14,15). The van der Waals surface area contributed by atoms with Crippen LogP contribution in [-0.2, 0) is 0 Å². The summed E-state index contributed by atoms with van der Waals surface area (Å²) in [4.78, 5) is 0. The lowest BCUT2D eigenvalue weighted by Crippen LogP contribution is -1.80. The minimum atomic E-state index is 0.643. The summed E-state index contributed by atoms with van der Waals surface area (Å²) in [7, 11) is 0. The van der Waals surface area contributed by atoms with Gasteiger partial charge in [0.15, 0.2) is 0 Å². The van der Waals surface area contributed by atoms with E-state index in [1.54, 1.807) is 12.4 Å². The largest absolute Gasteiger partial charge is 0.278 e. The van der Waals surface area contributed by atoms with Crippen molar-refractivity contribution < 1.29 is 0 Å². The first-order chi connectivity index (χ1) is 7.34. The van der Waals surface area contributed by atoms with E-state index in [0.29, 0.717) is 5.02 Å². The summed E-state index contributed by atoms with van der Waals surface area (Å²) in [5.41, 5.74) is 2.56.